The lowest BCUT2D eigenvalue weighted by molar-refractivity contribution is 0.354. The summed E-state index contributed by atoms with van der Waals surface area (Å²) in [6.07, 6.45) is 3.88. The maximum Gasteiger partial charge on any atom is 0.161 e. The normalized spacial score (nSPS) is 12.8. The molecule has 1 rings (SSSR count). The second-order valence-electron chi connectivity index (χ2n) is 3.45. The summed E-state index contributed by atoms with van der Waals surface area (Å²) in [4.78, 5) is 0. The summed E-state index contributed by atoms with van der Waals surface area (Å²) in [7, 11) is 3.23. The number of hydrogen-bond acceptors (Lipinski definition) is 3. The van der Waals surface area contributed by atoms with Crippen LogP contribution in [-0.4, -0.2) is 20.3 Å². The van der Waals surface area contributed by atoms with E-state index in [0.717, 1.165) is 10.0 Å². The smallest absolute Gasteiger partial charge is 0.161 e. The van der Waals surface area contributed by atoms with Crippen LogP contribution in [0.25, 0.3) is 6.08 Å². The Hall–Kier alpha value is -1.00. The molecule has 0 saturated heterocycles. The molecule has 0 spiro atoms. The van der Waals surface area contributed by atoms with Gasteiger partial charge in [-0.1, -0.05) is 28.1 Å². The molecule has 0 aromatic heterocycles. The molecule has 4 heteroatoms. The summed E-state index contributed by atoms with van der Waals surface area (Å²) in [6, 6.07) is 3.81. The molecular formula is C12H16BrNO2. The van der Waals surface area contributed by atoms with Gasteiger partial charge in [0.2, 0.25) is 0 Å². The van der Waals surface area contributed by atoms with Crippen molar-refractivity contribution in [2.45, 2.75) is 13.0 Å². The minimum absolute atomic E-state index is 0.0278. The van der Waals surface area contributed by atoms with Gasteiger partial charge < -0.3 is 15.2 Å². The first-order valence-corrected chi connectivity index (χ1v) is 5.73. The van der Waals surface area contributed by atoms with Crippen molar-refractivity contribution in [3.63, 3.8) is 0 Å². The van der Waals surface area contributed by atoms with E-state index in [9.17, 15) is 0 Å². The highest BCUT2D eigenvalue weighted by molar-refractivity contribution is 9.10. The molecule has 1 aromatic rings. The molecular weight excluding hydrogens is 270 g/mol. The third-order valence-corrected chi connectivity index (χ3v) is 2.77. The van der Waals surface area contributed by atoms with Gasteiger partial charge in [-0.3, -0.25) is 0 Å². The van der Waals surface area contributed by atoms with Gasteiger partial charge in [-0.25, -0.2) is 0 Å². The molecule has 88 valence electrons. The summed E-state index contributed by atoms with van der Waals surface area (Å²) in [5.74, 6) is 1.40. The number of hydrogen-bond donors (Lipinski definition) is 1. The quantitative estimate of drug-likeness (QED) is 0.925. The number of methoxy groups -OCH3 is 2. The molecule has 0 aliphatic heterocycles. The highest BCUT2D eigenvalue weighted by atomic mass is 79.9. The van der Waals surface area contributed by atoms with Gasteiger partial charge in [0.25, 0.3) is 0 Å². The lowest BCUT2D eigenvalue weighted by Crippen LogP contribution is -2.09. The molecule has 0 aliphatic rings. The van der Waals surface area contributed by atoms with Crippen LogP contribution in [0.2, 0.25) is 0 Å². The lowest BCUT2D eigenvalue weighted by Gasteiger charge is -2.10. The van der Waals surface area contributed by atoms with Crippen LogP contribution in [-0.2, 0) is 0 Å². The van der Waals surface area contributed by atoms with Gasteiger partial charge in [-0.15, -0.1) is 0 Å². The zero-order chi connectivity index (χ0) is 12.1. The highest BCUT2D eigenvalue weighted by Gasteiger charge is 2.07. The van der Waals surface area contributed by atoms with Crippen LogP contribution in [0.4, 0.5) is 0 Å². The minimum atomic E-state index is 0.0278. The first-order chi connectivity index (χ1) is 7.58. The van der Waals surface area contributed by atoms with Crippen molar-refractivity contribution >= 4 is 22.0 Å². The standard InChI is InChI=1S/C12H16BrNO2/c1-8(14)4-5-9-6-11(15-2)12(16-3)7-10(9)13/h4-8H,14H2,1-3H3/b5-4+. The fraction of sp³-hybridized carbons (Fsp3) is 0.333. The number of benzene rings is 1. The maximum atomic E-state index is 5.66. The Bertz CT molecular complexity index is 389. The molecule has 0 radical (unpaired) electrons. The van der Waals surface area contributed by atoms with E-state index in [1.54, 1.807) is 14.2 Å². The van der Waals surface area contributed by atoms with E-state index < -0.39 is 0 Å². The second kappa shape index (κ2) is 5.92. The molecule has 0 heterocycles. The minimum Gasteiger partial charge on any atom is -0.493 e. The zero-order valence-corrected chi connectivity index (χ0v) is 11.2. The average molecular weight is 286 g/mol. The van der Waals surface area contributed by atoms with Gasteiger partial charge >= 0.3 is 0 Å². The second-order valence-corrected chi connectivity index (χ2v) is 4.30. The van der Waals surface area contributed by atoms with Crippen molar-refractivity contribution in [3.8, 4) is 11.5 Å². The summed E-state index contributed by atoms with van der Waals surface area (Å²) < 4.78 is 11.4. The average Bonchev–Trinajstić information content (AvgIpc) is 2.26. The predicted octanol–water partition coefficient (Wildman–Crippen LogP) is 2.83. The van der Waals surface area contributed by atoms with Gasteiger partial charge in [0.05, 0.1) is 14.2 Å². The molecule has 1 unspecified atom stereocenters. The van der Waals surface area contributed by atoms with E-state index in [4.69, 9.17) is 15.2 Å². The fourth-order valence-electron chi connectivity index (χ4n) is 1.25. The Morgan fingerprint density at radius 2 is 1.81 bits per heavy atom. The van der Waals surface area contributed by atoms with Crippen LogP contribution in [0.3, 0.4) is 0 Å². The molecule has 0 fully saturated rings. The summed E-state index contributed by atoms with van der Waals surface area (Å²) in [5.41, 5.74) is 6.67. The van der Waals surface area contributed by atoms with Crippen molar-refractivity contribution in [2.24, 2.45) is 5.73 Å². The molecule has 16 heavy (non-hydrogen) atoms. The van der Waals surface area contributed by atoms with Gasteiger partial charge in [-0.2, -0.15) is 0 Å². The topological polar surface area (TPSA) is 44.5 Å². The first-order valence-electron chi connectivity index (χ1n) is 4.93. The highest BCUT2D eigenvalue weighted by Crippen LogP contribution is 2.33. The molecule has 0 saturated carbocycles. The van der Waals surface area contributed by atoms with E-state index in [1.165, 1.54) is 0 Å². The van der Waals surface area contributed by atoms with E-state index in [1.807, 2.05) is 31.2 Å². The predicted molar refractivity (Wildman–Crippen MR) is 69.9 cm³/mol. The summed E-state index contributed by atoms with van der Waals surface area (Å²) in [5, 5.41) is 0. The molecule has 0 bridgehead atoms. The third kappa shape index (κ3) is 3.25. The van der Waals surface area contributed by atoms with E-state index >= 15 is 0 Å². The van der Waals surface area contributed by atoms with Crippen LogP contribution in [0, 0.1) is 0 Å². The Morgan fingerprint density at radius 1 is 1.25 bits per heavy atom. The van der Waals surface area contributed by atoms with Crippen LogP contribution >= 0.6 is 15.9 Å². The zero-order valence-electron chi connectivity index (χ0n) is 9.66. The van der Waals surface area contributed by atoms with Gasteiger partial charge in [0.1, 0.15) is 0 Å². The molecule has 1 atom stereocenters. The van der Waals surface area contributed by atoms with Gasteiger partial charge in [-0.05, 0) is 24.6 Å². The third-order valence-electron chi connectivity index (χ3n) is 2.08. The number of ether oxygens (including phenoxy) is 2. The van der Waals surface area contributed by atoms with E-state index in [0.29, 0.717) is 11.5 Å². The number of rotatable bonds is 4. The summed E-state index contributed by atoms with van der Waals surface area (Å²) >= 11 is 3.47. The SMILES string of the molecule is COc1cc(Br)c(/C=C/C(C)N)cc1OC. The van der Waals surface area contributed by atoms with Crippen molar-refractivity contribution < 1.29 is 9.47 Å². The molecule has 0 amide bonds. The van der Waals surface area contributed by atoms with Crippen molar-refractivity contribution in [1.29, 1.82) is 0 Å². The fourth-order valence-corrected chi connectivity index (χ4v) is 1.71. The van der Waals surface area contributed by atoms with Crippen LogP contribution < -0.4 is 15.2 Å². The van der Waals surface area contributed by atoms with Crippen LogP contribution in [0.5, 0.6) is 11.5 Å². The molecule has 3 nitrogen and oxygen atoms in total. The Labute approximate surface area is 104 Å². The Morgan fingerprint density at radius 3 is 2.31 bits per heavy atom. The Balaban J connectivity index is 3.11. The number of halogens is 1. The molecule has 1 aromatic carbocycles. The van der Waals surface area contributed by atoms with E-state index in [2.05, 4.69) is 15.9 Å². The van der Waals surface area contributed by atoms with Crippen molar-refractivity contribution in [2.75, 3.05) is 14.2 Å². The van der Waals surface area contributed by atoms with Crippen molar-refractivity contribution in [1.82, 2.24) is 0 Å². The van der Waals surface area contributed by atoms with Crippen molar-refractivity contribution in [3.05, 3.63) is 28.2 Å². The molecule has 2 N–H and O–H groups in total. The van der Waals surface area contributed by atoms with Gasteiger partial charge in [0.15, 0.2) is 11.5 Å². The maximum absolute atomic E-state index is 5.66. The van der Waals surface area contributed by atoms with Gasteiger partial charge in [0, 0.05) is 10.5 Å². The summed E-state index contributed by atoms with van der Waals surface area (Å²) in [6.45, 7) is 1.92. The Kier molecular flexibility index (Phi) is 4.83. The van der Waals surface area contributed by atoms with Crippen LogP contribution in [0.1, 0.15) is 12.5 Å². The first kappa shape index (κ1) is 13.1. The monoisotopic (exact) mass is 285 g/mol. The van der Waals surface area contributed by atoms with Crippen LogP contribution in [0.15, 0.2) is 22.7 Å². The number of nitrogens with two attached hydrogens (primary N) is 1. The molecule has 0 aliphatic carbocycles. The van der Waals surface area contributed by atoms with E-state index in [-0.39, 0.29) is 6.04 Å². The largest absolute Gasteiger partial charge is 0.493 e. The lowest BCUT2D eigenvalue weighted by atomic mass is 10.1.